The Kier molecular flexibility index (Phi) is 6.58. The first-order chi connectivity index (χ1) is 16.7. The molecule has 0 bridgehead atoms. The number of pyridine rings is 1. The summed E-state index contributed by atoms with van der Waals surface area (Å²) in [6.45, 7) is 0. The molecule has 6 heteroatoms. The van der Waals surface area contributed by atoms with Crippen LogP contribution in [0.3, 0.4) is 0 Å². The molecule has 1 aliphatic rings. The number of amides is 1. The lowest BCUT2D eigenvalue weighted by molar-refractivity contribution is 0.102. The number of aryl methyl sites for hydroxylation is 1. The minimum atomic E-state index is -0.162. The first-order valence-corrected chi connectivity index (χ1v) is 12.4. The summed E-state index contributed by atoms with van der Waals surface area (Å²) < 4.78 is 5.39. The van der Waals surface area contributed by atoms with Gasteiger partial charge in [0.25, 0.3) is 5.91 Å². The molecular weight excluding hydrogens is 442 g/mol. The Labute approximate surface area is 203 Å². The number of methoxy groups -OCH3 is 1. The molecule has 1 aliphatic carbocycles. The number of hydrogen-bond acceptors (Lipinski definition) is 5. The fourth-order valence-corrected chi connectivity index (χ4v) is 5.79. The number of aromatic nitrogens is 1. The topological polar surface area (TPSA) is 63.2 Å². The van der Waals surface area contributed by atoms with Gasteiger partial charge in [-0.1, -0.05) is 36.4 Å². The second-order valence-corrected chi connectivity index (χ2v) is 9.44. The van der Waals surface area contributed by atoms with Gasteiger partial charge in [-0.3, -0.25) is 4.79 Å². The fraction of sp³-hybridized carbons (Fsp3) is 0.214. The first-order valence-electron chi connectivity index (χ1n) is 11.6. The van der Waals surface area contributed by atoms with E-state index < -0.39 is 0 Å². The van der Waals surface area contributed by atoms with E-state index in [4.69, 9.17) is 4.74 Å². The number of fused-ring (bicyclic) bond motifs is 1. The van der Waals surface area contributed by atoms with Crippen molar-refractivity contribution >= 4 is 28.1 Å². The van der Waals surface area contributed by atoms with Crippen LogP contribution < -0.4 is 15.4 Å². The van der Waals surface area contributed by atoms with E-state index >= 15 is 0 Å². The number of carbonyl (C=O) groups is 1. The van der Waals surface area contributed by atoms with Crippen molar-refractivity contribution in [3.8, 4) is 5.75 Å². The third-order valence-electron chi connectivity index (χ3n) is 6.17. The van der Waals surface area contributed by atoms with Gasteiger partial charge in [0.05, 0.1) is 13.2 Å². The van der Waals surface area contributed by atoms with Gasteiger partial charge in [0.2, 0.25) is 0 Å². The van der Waals surface area contributed by atoms with Gasteiger partial charge in [-0.15, -0.1) is 11.3 Å². The highest BCUT2D eigenvalue weighted by Crippen LogP contribution is 2.44. The Morgan fingerprint density at radius 3 is 2.47 bits per heavy atom. The van der Waals surface area contributed by atoms with Crippen LogP contribution in [0, 0.1) is 0 Å². The summed E-state index contributed by atoms with van der Waals surface area (Å²) >= 11 is 1.71. The van der Waals surface area contributed by atoms with Gasteiger partial charge in [-0.2, -0.15) is 0 Å². The van der Waals surface area contributed by atoms with Crippen LogP contribution in [0.5, 0.6) is 5.75 Å². The molecule has 0 radical (unpaired) electrons. The molecule has 0 saturated carbocycles. The van der Waals surface area contributed by atoms with Crippen LogP contribution in [0.15, 0.2) is 79.0 Å². The molecule has 2 N–H and O–H groups in total. The third-order valence-corrected chi connectivity index (χ3v) is 7.39. The molecule has 5 rings (SSSR count). The molecule has 0 unspecified atom stereocenters. The molecule has 2 aromatic carbocycles. The second-order valence-electron chi connectivity index (χ2n) is 8.34. The van der Waals surface area contributed by atoms with Crippen molar-refractivity contribution in [1.29, 1.82) is 0 Å². The summed E-state index contributed by atoms with van der Waals surface area (Å²) in [5.74, 6) is 1.51. The predicted molar refractivity (Wildman–Crippen MR) is 138 cm³/mol. The summed E-state index contributed by atoms with van der Waals surface area (Å²) in [5, 5.41) is 7.79. The molecule has 4 aromatic rings. The van der Waals surface area contributed by atoms with E-state index in [9.17, 15) is 4.79 Å². The Morgan fingerprint density at radius 1 is 0.971 bits per heavy atom. The maximum absolute atomic E-state index is 13.1. The van der Waals surface area contributed by atoms with E-state index in [1.807, 2.05) is 60.7 Å². The Bertz CT molecular complexity index is 1250. The quantitative estimate of drug-likeness (QED) is 0.325. The molecule has 1 atom stereocenters. The molecule has 0 spiro atoms. The van der Waals surface area contributed by atoms with Crippen molar-refractivity contribution in [3.63, 3.8) is 0 Å². The zero-order chi connectivity index (χ0) is 23.3. The molecular formula is C28H27N3O2S. The molecule has 1 amide bonds. The van der Waals surface area contributed by atoms with Crippen molar-refractivity contribution in [1.82, 2.24) is 4.98 Å². The van der Waals surface area contributed by atoms with Crippen LogP contribution in [-0.2, 0) is 12.8 Å². The molecule has 2 heterocycles. The summed E-state index contributed by atoms with van der Waals surface area (Å²) in [6.07, 6.45) is 6.18. The van der Waals surface area contributed by atoms with Gasteiger partial charge in [0.1, 0.15) is 16.6 Å². The fourth-order valence-electron chi connectivity index (χ4n) is 4.47. The number of ether oxygens (including phenoxy) is 1. The number of nitrogens with zero attached hydrogens (tertiary/aromatic N) is 1. The summed E-state index contributed by atoms with van der Waals surface area (Å²) in [7, 11) is 1.67. The lowest BCUT2D eigenvalue weighted by Gasteiger charge is -2.24. The minimum Gasteiger partial charge on any atom is -0.497 e. The first kappa shape index (κ1) is 22.2. The molecule has 5 nitrogen and oxygen atoms in total. The van der Waals surface area contributed by atoms with Gasteiger partial charge < -0.3 is 15.4 Å². The van der Waals surface area contributed by atoms with Crippen LogP contribution in [0.4, 0.5) is 10.8 Å². The van der Waals surface area contributed by atoms with Crippen LogP contribution in [0.1, 0.15) is 50.8 Å². The smallest absolute Gasteiger partial charge is 0.256 e. The Balaban J connectivity index is 1.60. The van der Waals surface area contributed by atoms with Crippen LogP contribution >= 0.6 is 11.3 Å². The standard InChI is InChI=1S/C28H27N3O2S/c1-33-21-16-14-19(15-17-21)26(30-24-13-7-8-18-29-24)25-22-11-5-6-12-23(22)34-28(25)31-27(32)20-9-3-2-4-10-20/h2-4,7-10,13-18,26H,5-6,11-12H2,1H3,(H,29,30)(H,31,32)/t26-/m0/s1. The van der Waals surface area contributed by atoms with Gasteiger partial charge in [-0.25, -0.2) is 4.98 Å². The van der Waals surface area contributed by atoms with Crippen molar-refractivity contribution in [3.05, 3.63) is 106 Å². The average Bonchev–Trinajstić information content (AvgIpc) is 3.26. The van der Waals surface area contributed by atoms with E-state index in [-0.39, 0.29) is 11.9 Å². The SMILES string of the molecule is COc1ccc([C@H](Nc2ccccn2)c2c(NC(=O)c3ccccc3)sc3c2CCCC3)cc1. The van der Waals surface area contributed by atoms with Crippen molar-refractivity contribution in [2.24, 2.45) is 0 Å². The number of carbonyl (C=O) groups excluding carboxylic acids is 1. The number of nitrogens with one attached hydrogen (secondary N) is 2. The zero-order valence-electron chi connectivity index (χ0n) is 19.1. The second kappa shape index (κ2) is 10.1. The zero-order valence-corrected chi connectivity index (χ0v) is 19.9. The van der Waals surface area contributed by atoms with Gasteiger partial charge in [-0.05, 0) is 73.2 Å². The number of anilines is 2. The highest BCUT2D eigenvalue weighted by molar-refractivity contribution is 7.16. The van der Waals surface area contributed by atoms with Gasteiger partial charge >= 0.3 is 0 Å². The Morgan fingerprint density at radius 2 is 1.74 bits per heavy atom. The minimum absolute atomic E-state index is 0.0910. The van der Waals surface area contributed by atoms with E-state index in [1.54, 1.807) is 24.6 Å². The molecule has 0 aliphatic heterocycles. The van der Waals surface area contributed by atoms with E-state index in [1.165, 1.54) is 16.9 Å². The Hall–Kier alpha value is -3.64. The maximum atomic E-state index is 13.1. The molecule has 172 valence electrons. The van der Waals surface area contributed by atoms with Crippen LogP contribution in [0.2, 0.25) is 0 Å². The largest absolute Gasteiger partial charge is 0.497 e. The lowest BCUT2D eigenvalue weighted by atomic mass is 9.89. The molecule has 0 fully saturated rings. The summed E-state index contributed by atoms with van der Waals surface area (Å²) in [4.78, 5) is 19.0. The molecule has 34 heavy (non-hydrogen) atoms. The third kappa shape index (κ3) is 4.68. The number of hydrogen-bond donors (Lipinski definition) is 2. The number of benzene rings is 2. The van der Waals surface area contributed by atoms with Gasteiger partial charge in [0.15, 0.2) is 0 Å². The molecule has 0 saturated heterocycles. The highest BCUT2D eigenvalue weighted by atomic mass is 32.1. The predicted octanol–water partition coefficient (Wildman–Crippen LogP) is 6.48. The summed E-state index contributed by atoms with van der Waals surface area (Å²) in [5.41, 5.74) is 4.23. The monoisotopic (exact) mass is 469 g/mol. The highest BCUT2D eigenvalue weighted by Gasteiger charge is 2.29. The van der Waals surface area contributed by atoms with Crippen molar-refractivity contribution in [2.75, 3.05) is 17.7 Å². The van der Waals surface area contributed by atoms with Crippen LogP contribution in [-0.4, -0.2) is 18.0 Å². The van der Waals surface area contributed by atoms with E-state index in [2.05, 4.69) is 27.8 Å². The molecule has 2 aromatic heterocycles. The van der Waals surface area contributed by atoms with E-state index in [0.29, 0.717) is 5.56 Å². The maximum Gasteiger partial charge on any atom is 0.256 e. The lowest BCUT2D eigenvalue weighted by Crippen LogP contribution is -2.19. The number of rotatable bonds is 7. The normalized spacial score (nSPS) is 13.6. The van der Waals surface area contributed by atoms with E-state index in [0.717, 1.165) is 47.0 Å². The van der Waals surface area contributed by atoms with Gasteiger partial charge in [0, 0.05) is 22.2 Å². The number of thiophene rings is 1. The average molecular weight is 470 g/mol. The van der Waals surface area contributed by atoms with Crippen molar-refractivity contribution < 1.29 is 9.53 Å². The van der Waals surface area contributed by atoms with Crippen molar-refractivity contribution in [2.45, 2.75) is 31.7 Å². The van der Waals surface area contributed by atoms with Crippen LogP contribution in [0.25, 0.3) is 0 Å². The summed E-state index contributed by atoms with van der Waals surface area (Å²) in [6, 6.07) is 23.2.